The van der Waals surface area contributed by atoms with E-state index in [1.807, 2.05) is 19.1 Å². The highest BCUT2D eigenvalue weighted by atomic mass is 16.4. The van der Waals surface area contributed by atoms with Crippen molar-refractivity contribution >= 4 is 11.7 Å². The number of carboxylic acids is 1. The number of anilines is 1. The fraction of sp³-hybridized carbons (Fsp3) is 0.588. The summed E-state index contributed by atoms with van der Waals surface area (Å²) >= 11 is 0. The number of likely N-dealkylation sites (tertiary alicyclic amines) is 1. The predicted octanol–water partition coefficient (Wildman–Crippen LogP) is 3.23. The summed E-state index contributed by atoms with van der Waals surface area (Å²) in [5.74, 6) is -0.245. The van der Waals surface area contributed by atoms with Crippen LogP contribution in [-0.2, 0) is 0 Å². The van der Waals surface area contributed by atoms with Crippen LogP contribution >= 0.6 is 0 Å². The van der Waals surface area contributed by atoms with Crippen LogP contribution in [0, 0.1) is 12.8 Å². The lowest BCUT2D eigenvalue weighted by Gasteiger charge is -2.36. The third-order valence-electron chi connectivity index (χ3n) is 4.64. The van der Waals surface area contributed by atoms with Crippen LogP contribution in [-0.4, -0.2) is 41.7 Å². The molecular weight excluding hydrogens is 264 g/mol. The number of nitrogens with zero attached hydrogens (tertiary/aromatic N) is 1. The Bertz CT molecular complexity index is 502. The molecule has 4 nitrogen and oxygen atoms in total. The number of nitrogens with one attached hydrogen (secondary N) is 1. The molecule has 0 amide bonds. The van der Waals surface area contributed by atoms with Crippen molar-refractivity contribution in [1.29, 1.82) is 0 Å². The number of rotatable bonds is 5. The standard InChI is InChI=1S/C17H26N2O2/c1-4-19-10-6-7-14(11-19)13(3)18-16-9-5-8-15(12(16)2)17(20)21/h5,8-9,13-14,18H,4,6-7,10-11H2,1-3H3,(H,20,21). The molecule has 0 spiro atoms. The lowest BCUT2D eigenvalue weighted by molar-refractivity contribution is 0.0696. The SMILES string of the molecule is CCN1CCCC(C(C)Nc2cccc(C(=O)O)c2C)C1. The second kappa shape index (κ2) is 6.94. The first-order valence-electron chi connectivity index (χ1n) is 7.84. The summed E-state index contributed by atoms with van der Waals surface area (Å²) in [6.07, 6.45) is 2.49. The lowest BCUT2D eigenvalue weighted by Crippen LogP contribution is -2.41. The van der Waals surface area contributed by atoms with E-state index < -0.39 is 5.97 Å². The molecule has 1 aliphatic rings. The normalized spacial score (nSPS) is 21.0. The van der Waals surface area contributed by atoms with Crippen molar-refractivity contribution in [2.24, 2.45) is 5.92 Å². The minimum Gasteiger partial charge on any atom is -0.478 e. The highest BCUT2D eigenvalue weighted by molar-refractivity contribution is 5.91. The summed E-state index contributed by atoms with van der Waals surface area (Å²) in [7, 11) is 0. The van der Waals surface area contributed by atoms with Gasteiger partial charge in [0.25, 0.3) is 0 Å². The van der Waals surface area contributed by atoms with Crippen LogP contribution in [0.3, 0.4) is 0 Å². The van der Waals surface area contributed by atoms with Crippen molar-refractivity contribution in [3.8, 4) is 0 Å². The van der Waals surface area contributed by atoms with Gasteiger partial charge in [-0.2, -0.15) is 0 Å². The smallest absolute Gasteiger partial charge is 0.336 e. The minimum atomic E-state index is -0.862. The quantitative estimate of drug-likeness (QED) is 0.874. The number of aromatic carboxylic acids is 1. The zero-order chi connectivity index (χ0) is 15.4. The minimum absolute atomic E-state index is 0.349. The van der Waals surface area contributed by atoms with Gasteiger partial charge < -0.3 is 15.3 Å². The second-order valence-electron chi connectivity index (χ2n) is 6.01. The largest absolute Gasteiger partial charge is 0.478 e. The number of hydrogen-bond acceptors (Lipinski definition) is 3. The fourth-order valence-corrected chi connectivity index (χ4v) is 3.17. The van der Waals surface area contributed by atoms with Gasteiger partial charge in [0.1, 0.15) is 0 Å². The molecular formula is C17H26N2O2. The van der Waals surface area contributed by atoms with Crippen molar-refractivity contribution in [2.75, 3.05) is 25.0 Å². The van der Waals surface area contributed by atoms with E-state index in [1.165, 1.54) is 19.4 Å². The van der Waals surface area contributed by atoms with Gasteiger partial charge in [0.05, 0.1) is 5.56 Å². The van der Waals surface area contributed by atoms with E-state index in [2.05, 4.69) is 24.1 Å². The van der Waals surface area contributed by atoms with Crippen molar-refractivity contribution < 1.29 is 9.90 Å². The average molecular weight is 290 g/mol. The predicted molar refractivity (Wildman–Crippen MR) is 86.1 cm³/mol. The Hall–Kier alpha value is -1.55. The molecule has 116 valence electrons. The zero-order valence-electron chi connectivity index (χ0n) is 13.2. The molecule has 1 aliphatic heterocycles. The van der Waals surface area contributed by atoms with Crippen LogP contribution in [0.25, 0.3) is 0 Å². The lowest BCUT2D eigenvalue weighted by atomic mass is 9.91. The monoisotopic (exact) mass is 290 g/mol. The molecule has 1 heterocycles. The van der Waals surface area contributed by atoms with E-state index in [0.29, 0.717) is 17.5 Å². The molecule has 1 aromatic carbocycles. The van der Waals surface area contributed by atoms with Gasteiger partial charge in [-0.1, -0.05) is 13.0 Å². The highest BCUT2D eigenvalue weighted by Gasteiger charge is 2.24. The molecule has 1 aromatic rings. The summed E-state index contributed by atoms with van der Waals surface area (Å²) in [4.78, 5) is 13.7. The van der Waals surface area contributed by atoms with E-state index >= 15 is 0 Å². The molecule has 2 unspecified atom stereocenters. The summed E-state index contributed by atoms with van der Waals surface area (Å²) in [5.41, 5.74) is 2.14. The van der Waals surface area contributed by atoms with Crippen molar-refractivity contribution in [3.05, 3.63) is 29.3 Å². The molecule has 0 aliphatic carbocycles. The van der Waals surface area contributed by atoms with Gasteiger partial charge in [-0.25, -0.2) is 4.79 Å². The van der Waals surface area contributed by atoms with E-state index in [4.69, 9.17) is 0 Å². The third-order valence-corrected chi connectivity index (χ3v) is 4.64. The summed E-state index contributed by atoms with van der Waals surface area (Å²) in [6.45, 7) is 9.72. The van der Waals surface area contributed by atoms with Gasteiger partial charge in [0.15, 0.2) is 0 Å². The van der Waals surface area contributed by atoms with Crippen LogP contribution in [0.1, 0.15) is 42.6 Å². The molecule has 2 N–H and O–H groups in total. The fourth-order valence-electron chi connectivity index (χ4n) is 3.17. The third kappa shape index (κ3) is 3.76. The van der Waals surface area contributed by atoms with Crippen LogP contribution < -0.4 is 5.32 Å². The maximum atomic E-state index is 11.2. The van der Waals surface area contributed by atoms with Gasteiger partial charge in [0.2, 0.25) is 0 Å². The summed E-state index contributed by atoms with van der Waals surface area (Å²) in [5, 5.41) is 12.7. The molecule has 21 heavy (non-hydrogen) atoms. The Morgan fingerprint density at radius 3 is 2.95 bits per heavy atom. The molecule has 1 fully saturated rings. The van der Waals surface area contributed by atoms with E-state index in [9.17, 15) is 9.90 Å². The highest BCUT2D eigenvalue weighted by Crippen LogP contribution is 2.25. The second-order valence-corrected chi connectivity index (χ2v) is 6.01. The van der Waals surface area contributed by atoms with E-state index in [0.717, 1.165) is 24.3 Å². The Morgan fingerprint density at radius 1 is 1.52 bits per heavy atom. The number of carboxylic acid groups (broad SMARTS) is 1. The molecule has 2 atom stereocenters. The Kier molecular flexibility index (Phi) is 5.23. The van der Waals surface area contributed by atoms with E-state index in [1.54, 1.807) is 6.07 Å². The summed E-state index contributed by atoms with van der Waals surface area (Å²) < 4.78 is 0. The van der Waals surface area contributed by atoms with E-state index in [-0.39, 0.29) is 0 Å². The maximum absolute atomic E-state index is 11.2. The number of carbonyl (C=O) groups is 1. The molecule has 0 radical (unpaired) electrons. The Labute approximate surface area is 127 Å². The molecule has 0 bridgehead atoms. The first-order chi connectivity index (χ1) is 10.0. The topological polar surface area (TPSA) is 52.6 Å². The van der Waals surface area contributed by atoms with Crippen molar-refractivity contribution in [3.63, 3.8) is 0 Å². The Balaban J connectivity index is 2.07. The number of benzene rings is 1. The maximum Gasteiger partial charge on any atom is 0.336 e. The zero-order valence-corrected chi connectivity index (χ0v) is 13.2. The van der Waals surface area contributed by atoms with Crippen LogP contribution in [0.4, 0.5) is 5.69 Å². The first-order valence-corrected chi connectivity index (χ1v) is 7.84. The Morgan fingerprint density at radius 2 is 2.29 bits per heavy atom. The average Bonchev–Trinajstić information content (AvgIpc) is 2.49. The van der Waals surface area contributed by atoms with Crippen molar-refractivity contribution in [1.82, 2.24) is 4.90 Å². The molecule has 4 heteroatoms. The first kappa shape index (κ1) is 15.8. The van der Waals surface area contributed by atoms with Crippen LogP contribution in [0.5, 0.6) is 0 Å². The van der Waals surface area contributed by atoms with Crippen LogP contribution in [0.2, 0.25) is 0 Å². The number of piperidine rings is 1. The van der Waals surface area contributed by atoms with Crippen molar-refractivity contribution in [2.45, 2.75) is 39.7 Å². The van der Waals surface area contributed by atoms with Crippen LogP contribution in [0.15, 0.2) is 18.2 Å². The van der Waals surface area contributed by atoms with Gasteiger partial charge >= 0.3 is 5.97 Å². The molecule has 1 saturated heterocycles. The summed E-state index contributed by atoms with van der Waals surface area (Å²) in [6, 6.07) is 5.79. The molecule has 2 rings (SSSR count). The molecule has 0 aromatic heterocycles. The molecule has 0 saturated carbocycles. The van der Waals surface area contributed by atoms with Gasteiger partial charge in [-0.05, 0) is 63.4 Å². The number of hydrogen-bond donors (Lipinski definition) is 2. The van der Waals surface area contributed by atoms with Gasteiger partial charge in [-0.3, -0.25) is 0 Å². The van der Waals surface area contributed by atoms with Gasteiger partial charge in [0, 0.05) is 18.3 Å². The van der Waals surface area contributed by atoms with Gasteiger partial charge in [-0.15, -0.1) is 0 Å².